The number of rotatable bonds is 2. The number of carbonyl (C=O) groups excluding carboxylic acids is 1. The average molecular weight is 252 g/mol. The van der Waals surface area contributed by atoms with E-state index in [1.54, 1.807) is 28.9 Å². The molecule has 2 rings (SSSR count). The van der Waals surface area contributed by atoms with Gasteiger partial charge < -0.3 is 15.4 Å². The SMILES string of the molecule is Cn1ccc(C(=O)N2CC(CN)OC(C)(C)C2)n1. The number of aromatic nitrogens is 2. The molecule has 0 radical (unpaired) electrons. The van der Waals surface area contributed by atoms with Crippen LogP contribution in [0.4, 0.5) is 0 Å². The highest BCUT2D eigenvalue weighted by molar-refractivity contribution is 5.92. The molecule has 1 aromatic heterocycles. The molecule has 1 amide bonds. The molecule has 1 unspecified atom stereocenters. The van der Waals surface area contributed by atoms with Crippen LogP contribution in [0.15, 0.2) is 12.3 Å². The number of amides is 1. The Morgan fingerprint density at radius 2 is 2.39 bits per heavy atom. The van der Waals surface area contributed by atoms with Crippen LogP contribution in [0.5, 0.6) is 0 Å². The minimum Gasteiger partial charge on any atom is -0.367 e. The summed E-state index contributed by atoms with van der Waals surface area (Å²) in [5.74, 6) is -0.0644. The van der Waals surface area contributed by atoms with Crippen LogP contribution in [0.3, 0.4) is 0 Å². The molecule has 6 nitrogen and oxygen atoms in total. The van der Waals surface area contributed by atoms with Crippen molar-refractivity contribution >= 4 is 5.91 Å². The topological polar surface area (TPSA) is 73.4 Å². The lowest BCUT2D eigenvalue weighted by atomic mass is 10.0. The van der Waals surface area contributed by atoms with Crippen molar-refractivity contribution in [1.29, 1.82) is 0 Å². The fourth-order valence-corrected chi connectivity index (χ4v) is 2.26. The van der Waals surface area contributed by atoms with Crippen molar-refractivity contribution in [3.05, 3.63) is 18.0 Å². The maximum atomic E-state index is 12.3. The second kappa shape index (κ2) is 4.70. The zero-order valence-corrected chi connectivity index (χ0v) is 11.1. The first-order valence-corrected chi connectivity index (χ1v) is 6.08. The lowest BCUT2D eigenvalue weighted by Gasteiger charge is -2.42. The third kappa shape index (κ3) is 2.70. The predicted octanol–water partition coefficient (Wildman–Crippen LogP) is -0.00160. The Balaban J connectivity index is 2.14. The molecule has 0 aromatic carbocycles. The van der Waals surface area contributed by atoms with Crippen LogP contribution in [-0.4, -0.2) is 51.9 Å². The van der Waals surface area contributed by atoms with Crippen molar-refractivity contribution in [3.8, 4) is 0 Å². The molecule has 2 N–H and O–H groups in total. The number of carbonyl (C=O) groups is 1. The zero-order valence-electron chi connectivity index (χ0n) is 11.1. The maximum Gasteiger partial charge on any atom is 0.274 e. The fraction of sp³-hybridized carbons (Fsp3) is 0.667. The molecule has 0 bridgehead atoms. The summed E-state index contributed by atoms with van der Waals surface area (Å²) in [5, 5.41) is 4.14. The summed E-state index contributed by atoms with van der Waals surface area (Å²) >= 11 is 0. The van der Waals surface area contributed by atoms with Crippen molar-refractivity contribution in [3.63, 3.8) is 0 Å². The summed E-state index contributed by atoms with van der Waals surface area (Å²) in [7, 11) is 1.79. The van der Waals surface area contributed by atoms with Crippen LogP contribution in [0.25, 0.3) is 0 Å². The number of aryl methyl sites for hydroxylation is 1. The summed E-state index contributed by atoms with van der Waals surface area (Å²) in [4.78, 5) is 14.1. The highest BCUT2D eigenvalue weighted by atomic mass is 16.5. The van der Waals surface area contributed by atoms with E-state index in [1.165, 1.54) is 0 Å². The van der Waals surface area contributed by atoms with Gasteiger partial charge in [-0.2, -0.15) is 5.10 Å². The van der Waals surface area contributed by atoms with Gasteiger partial charge in [0.05, 0.1) is 11.7 Å². The van der Waals surface area contributed by atoms with E-state index in [1.807, 2.05) is 13.8 Å². The van der Waals surface area contributed by atoms with Crippen LogP contribution in [0.1, 0.15) is 24.3 Å². The van der Waals surface area contributed by atoms with E-state index in [9.17, 15) is 4.79 Å². The smallest absolute Gasteiger partial charge is 0.274 e. The molecule has 1 saturated heterocycles. The highest BCUT2D eigenvalue weighted by Crippen LogP contribution is 2.21. The second-order valence-corrected chi connectivity index (χ2v) is 5.30. The molecule has 0 saturated carbocycles. The Kier molecular flexibility index (Phi) is 3.41. The van der Waals surface area contributed by atoms with Crippen molar-refractivity contribution in [2.45, 2.75) is 25.6 Å². The van der Waals surface area contributed by atoms with Gasteiger partial charge in [0.25, 0.3) is 5.91 Å². The molecule has 100 valence electrons. The van der Waals surface area contributed by atoms with Crippen molar-refractivity contribution < 1.29 is 9.53 Å². The van der Waals surface area contributed by atoms with E-state index >= 15 is 0 Å². The van der Waals surface area contributed by atoms with E-state index in [4.69, 9.17) is 10.5 Å². The third-order valence-electron chi connectivity index (χ3n) is 2.96. The molecule has 18 heavy (non-hydrogen) atoms. The number of ether oxygens (including phenoxy) is 1. The maximum absolute atomic E-state index is 12.3. The van der Waals surface area contributed by atoms with Crippen LogP contribution in [-0.2, 0) is 11.8 Å². The first-order chi connectivity index (χ1) is 8.41. The van der Waals surface area contributed by atoms with E-state index in [0.717, 1.165) is 0 Å². The quantitative estimate of drug-likeness (QED) is 0.804. The van der Waals surface area contributed by atoms with Gasteiger partial charge in [0.1, 0.15) is 5.69 Å². The monoisotopic (exact) mass is 252 g/mol. The molecule has 1 atom stereocenters. The van der Waals surface area contributed by atoms with E-state index < -0.39 is 0 Å². The van der Waals surface area contributed by atoms with Gasteiger partial charge in [0.2, 0.25) is 0 Å². The Bertz CT molecular complexity index is 441. The first-order valence-electron chi connectivity index (χ1n) is 6.08. The normalized spacial score (nSPS) is 23.1. The van der Waals surface area contributed by atoms with E-state index in [2.05, 4.69) is 5.10 Å². The van der Waals surface area contributed by atoms with E-state index in [-0.39, 0.29) is 17.6 Å². The largest absolute Gasteiger partial charge is 0.367 e. The summed E-state index contributed by atoms with van der Waals surface area (Å²) in [6.45, 7) is 5.42. The first kappa shape index (κ1) is 13.0. The number of morpholine rings is 1. The molecule has 1 aliphatic heterocycles. The van der Waals surface area contributed by atoms with Crippen LogP contribution >= 0.6 is 0 Å². The molecular formula is C12H20N4O2. The van der Waals surface area contributed by atoms with Gasteiger partial charge in [-0.25, -0.2) is 0 Å². The van der Waals surface area contributed by atoms with Gasteiger partial charge in [-0.1, -0.05) is 0 Å². The highest BCUT2D eigenvalue weighted by Gasteiger charge is 2.35. The second-order valence-electron chi connectivity index (χ2n) is 5.30. The average Bonchev–Trinajstić information content (AvgIpc) is 2.72. The Morgan fingerprint density at radius 3 is 2.94 bits per heavy atom. The fourth-order valence-electron chi connectivity index (χ4n) is 2.26. The molecule has 1 aromatic rings. The van der Waals surface area contributed by atoms with Gasteiger partial charge in [-0.05, 0) is 19.9 Å². The third-order valence-corrected chi connectivity index (χ3v) is 2.96. The number of hydrogen-bond acceptors (Lipinski definition) is 4. The predicted molar refractivity (Wildman–Crippen MR) is 67.1 cm³/mol. The molecule has 6 heteroatoms. The lowest BCUT2D eigenvalue weighted by Crippen LogP contribution is -2.56. The minimum atomic E-state index is -0.368. The Labute approximate surface area is 107 Å². The van der Waals surface area contributed by atoms with Crippen molar-refractivity contribution in [2.75, 3.05) is 19.6 Å². The molecule has 2 heterocycles. The van der Waals surface area contributed by atoms with Crippen molar-refractivity contribution in [1.82, 2.24) is 14.7 Å². The molecule has 1 aliphatic rings. The number of hydrogen-bond donors (Lipinski definition) is 1. The van der Waals surface area contributed by atoms with Crippen LogP contribution < -0.4 is 5.73 Å². The molecule has 0 spiro atoms. The van der Waals surface area contributed by atoms with Gasteiger partial charge >= 0.3 is 0 Å². The Morgan fingerprint density at radius 1 is 1.67 bits per heavy atom. The summed E-state index contributed by atoms with van der Waals surface area (Å²) in [5.41, 5.74) is 5.74. The zero-order chi connectivity index (χ0) is 13.3. The number of nitrogens with two attached hydrogens (primary N) is 1. The van der Waals surface area contributed by atoms with Gasteiger partial charge in [0.15, 0.2) is 0 Å². The summed E-state index contributed by atoms with van der Waals surface area (Å²) in [6.07, 6.45) is 1.65. The number of nitrogens with zero attached hydrogens (tertiary/aromatic N) is 3. The van der Waals surface area contributed by atoms with Gasteiger partial charge in [0, 0.05) is 32.9 Å². The summed E-state index contributed by atoms with van der Waals surface area (Å²) in [6, 6.07) is 1.72. The lowest BCUT2D eigenvalue weighted by molar-refractivity contribution is -0.122. The molecule has 1 fully saturated rings. The minimum absolute atomic E-state index is 0.0644. The van der Waals surface area contributed by atoms with Crippen LogP contribution in [0.2, 0.25) is 0 Å². The van der Waals surface area contributed by atoms with Crippen LogP contribution in [0, 0.1) is 0 Å². The van der Waals surface area contributed by atoms with E-state index in [0.29, 0.717) is 25.3 Å². The molecular weight excluding hydrogens is 232 g/mol. The molecule has 0 aliphatic carbocycles. The Hall–Kier alpha value is -1.40. The van der Waals surface area contributed by atoms with Crippen molar-refractivity contribution in [2.24, 2.45) is 12.8 Å². The van der Waals surface area contributed by atoms with Gasteiger partial charge in [-0.15, -0.1) is 0 Å². The van der Waals surface area contributed by atoms with Gasteiger partial charge in [-0.3, -0.25) is 9.48 Å². The standard InChI is InChI=1S/C12H20N4O2/c1-12(2)8-16(7-9(6-13)18-12)11(17)10-4-5-15(3)14-10/h4-5,9H,6-8,13H2,1-3H3. The summed E-state index contributed by atoms with van der Waals surface area (Å²) < 4.78 is 7.42.